The minimum absolute atomic E-state index is 0.00916. The van der Waals surface area contributed by atoms with E-state index < -0.39 is 12.5 Å². The summed E-state index contributed by atoms with van der Waals surface area (Å²) in [5.74, 6) is -0.534. The Morgan fingerprint density at radius 2 is 1.80 bits per heavy atom. The average Bonchev–Trinajstić information content (AvgIpc) is 2.64. The van der Waals surface area contributed by atoms with Gasteiger partial charge in [-0.1, -0.05) is 48.0 Å². The van der Waals surface area contributed by atoms with E-state index in [4.69, 9.17) is 0 Å². The van der Waals surface area contributed by atoms with Crippen LogP contribution in [0.15, 0.2) is 54.6 Å². The molecule has 1 aliphatic heterocycles. The number of benzene rings is 2. The highest BCUT2D eigenvalue weighted by Crippen LogP contribution is 2.23. The molecule has 2 aromatic rings. The Morgan fingerprint density at radius 3 is 2.44 bits per heavy atom. The Morgan fingerprint density at radius 1 is 1.12 bits per heavy atom. The number of rotatable bonds is 4. The summed E-state index contributed by atoms with van der Waals surface area (Å²) in [6, 6.07) is 17.5. The SMILES string of the molecule is Cc1ccc(N2C[C@H](Cc3ccccc3)N(C(=O)CO)CC2=O)cc1. The maximum absolute atomic E-state index is 12.6. The summed E-state index contributed by atoms with van der Waals surface area (Å²) in [7, 11) is 0. The Balaban J connectivity index is 1.86. The smallest absolute Gasteiger partial charge is 0.249 e. The molecule has 0 bridgehead atoms. The summed E-state index contributed by atoms with van der Waals surface area (Å²) in [4.78, 5) is 27.9. The van der Waals surface area contributed by atoms with Crippen molar-refractivity contribution in [3.8, 4) is 0 Å². The zero-order valence-corrected chi connectivity index (χ0v) is 14.3. The van der Waals surface area contributed by atoms with E-state index in [1.807, 2.05) is 61.5 Å². The second-order valence-electron chi connectivity index (χ2n) is 6.36. The highest BCUT2D eigenvalue weighted by Gasteiger charge is 2.35. The van der Waals surface area contributed by atoms with Crippen molar-refractivity contribution in [3.63, 3.8) is 0 Å². The molecule has 1 saturated heterocycles. The van der Waals surface area contributed by atoms with Gasteiger partial charge in [-0.25, -0.2) is 0 Å². The fourth-order valence-electron chi connectivity index (χ4n) is 3.19. The molecule has 2 amide bonds. The molecule has 5 heteroatoms. The summed E-state index contributed by atoms with van der Waals surface area (Å²) in [5, 5.41) is 9.25. The van der Waals surface area contributed by atoms with Gasteiger partial charge in [0.2, 0.25) is 11.8 Å². The van der Waals surface area contributed by atoms with Crippen LogP contribution in [-0.4, -0.2) is 47.6 Å². The molecule has 0 aromatic heterocycles. The van der Waals surface area contributed by atoms with Crippen molar-refractivity contribution in [3.05, 3.63) is 65.7 Å². The van der Waals surface area contributed by atoms with E-state index in [9.17, 15) is 14.7 Å². The van der Waals surface area contributed by atoms with E-state index in [1.165, 1.54) is 4.90 Å². The normalized spacial score (nSPS) is 17.7. The van der Waals surface area contributed by atoms with Crippen LogP contribution in [0.3, 0.4) is 0 Å². The van der Waals surface area contributed by atoms with Gasteiger partial charge >= 0.3 is 0 Å². The molecule has 1 aliphatic rings. The molecule has 5 nitrogen and oxygen atoms in total. The lowest BCUT2D eigenvalue weighted by atomic mass is 10.0. The molecule has 0 spiro atoms. The summed E-state index contributed by atoms with van der Waals surface area (Å²) in [6.45, 7) is 1.83. The third kappa shape index (κ3) is 3.88. The number of aliphatic hydroxyl groups is 1. The Bertz CT molecular complexity index is 743. The second kappa shape index (κ2) is 7.49. The first-order chi connectivity index (χ1) is 12.1. The van der Waals surface area contributed by atoms with Crippen molar-refractivity contribution in [2.75, 3.05) is 24.6 Å². The van der Waals surface area contributed by atoms with Crippen molar-refractivity contribution < 1.29 is 14.7 Å². The maximum atomic E-state index is 12.6. The number of anilines is 1. The Labute approximate surface area is 147 Å². The van der Waals surface area contributed by atoms with Gasteiger partial charge in [0.15, 0.2) is 0 Å². The first-order valence-electron chi connectivity index (χ1n) is 8.40. The molecule has 130 valence electrons. The zero-order chi connectivity index (χ0) is 17.8. The minimum Gasteiger partial charge on any atom is -0.387 e. The van der Waals surface area contributed by atoms with Gasteiger partial charge in [0.1, 0.15) is 13.2 Å². The van der Waals surface area contributed by atoms with E-state index in [0.29, 0.717) is 13.0 Å². The van der Waals surface area contributed by atoms with E-state index in [2.05, 4.69) is 0 Å². The number of amides is 2. The highest BCUT2D eigenvalue weighted by atomic mass is 16.3. The number of hydrogen-bond donors (Lipinski definition) is 1. The summed E-state index contributed by atoms with van der Waals surface area (Å²) < 4.78 is 0. The second-order valence-corrected chi connectivity index (χ2v) is 6.36. The number of carbonyl (C=O) groups is 2. The van der Waals surface area contributed by atoms with Gasteiger partial charge in [0.05, 0.1) is 6.04 Å². The molecule has 1 fully saturated rings. The fraction of sp³-hybridized carbons (Fsp3) is 0.300. The van der Waals surface area contributed by atoms with Crippen LogP contribution in [0.2, 0.25) is 0 Å². The lowest BCUT2D eigenvalue weighted by molar-refractivity contribution is -0.142. The molecule has 1 heterocycles. The van der Waals surface area contributed by atoms with E-state index in [1.54, 1.807) is 4.90 Å². The predicted octanol–water partition coefficient (Wildman–Crippen LogP) is 1.77. The third-order valence-electron chi connectivity index (χ3n) is 4.56. The van der Waals surface area contributed by atoms with Crippen molar-refractivity contribution in [1.82, 2.24) is 4.90 Å². The van der Waals surface area contributed by atoms with Crippen LogP contribution in [0.25, 0.3) is 0 Å². The maximum Gasteiger partial charge on any atom is 0.249 e. The monoisotopic (exact) mass is 338 g/mol. The van der Waals surface area contributed by atoms with Crippen LogP contribution < -0.4 is 4.90 Å². The minimum atomic E-state index is -0.580. The fourth-order valence-corrected chi connectivity index (χ4v) is 3.19. The average molecular weight is 338 g/mol. The van der Waals surface area contributed by atoms with E-state index in [0.717, 1.165) is 16.8 Å². The number of piperazine rings is 1. The van der Waals surface area contributed by atoms with Gasteiger partial charge in [-0.2, -0.15) is 0 Å². The standard InChI is InChI=1S/C20H22N2O3/c1-15-7-9-17(10-8-15)21-12-18(11-16-5-3-2-4-6-16)22(13-19(21)24)20(25)14-23/h2-10,18,23H,11-14H2,1H3/t18-/m0/s1. The summed E-state index contributed by atoms with van der Waals surface area (Å²) >= 11 is 0. The van der Waals surface area contributed by atoms with Gasteiger partial charge < -0.3 is 14.9 Å². The lowest BCUT2D eigenvalue weighted by Gasteiger charge is -2.41. The number of nitrogens with zero attached hydrogens (tertiary/aromatic N) is 2. The molecule has 0 unspecified atom stereocenters. The van der Waals surface area contributed by atoms with Gasteiger partial charge in [0, 0.05) is 12.2 Å². The summed E-state index contributed by atoms with van der Waals surface area (Å²) in [5.41, 5.74) is 3.07. The van der Waals surface area contributed by atoms with Crippen LogP contribution in [0.5, 0.6) is 0 Å². The summed E-state index contributed by atoms with van der Waals surface area (Å²) in [6.07, 6.45) is 0.641. The molecule has 2 aromatic carbocycles. The van der Waals surface area contributed by atoms with Gasteiger partial charge in [-0.3, -0.25) is 9.59 Å². The van der Waals surface area contributed by atoms with Crippen molar-refractivity contribution in [2.45, 2.75) is 19.4 Å². The molecule has 1 atom stereocenters. The van der Waals surface area contributed by atoms with Crippen molar-refractivity contribution in [1.29, 1.82) is 0 Å². The lowest BCUT2D eigenvalue weighted by Crippen LogP contribution is -2.59. The first-order valence-corrected chi connectivity index (χ1v) is 8.40. The predicted molar refractivity (Wildman–Crippen MR) is 96.3 cm³/mol. The molecular formula is C20H22N2O3. The van der Waals surface area contributed by atoms with Gasteiger partial charge in [0.25, 0.3) is 0 Å². The van der Waals surface area contributed by atoms with Crippen LogP contribution in [0, 0.1) is 6.92 Å². The first kappa shape index (κ1) is 17.2. The van der Waals surface area contributed by atoms with Crippen molar-refractivity contribution in [2.24, 2.45) is 0 Å². The number of aryl methyl sites for hydroxylation is 1. The van der Waals surface area contributed by atoms with Gasteiger partial charge in [-0.05, 0) is 31.0 Å². The number of aliphatic hydroxyl groups excluding tert-OH is 1. The molecule has 3 rings (SSSR count). The van der Waals surface area contributed by atoms with E-state index in [-0.39, 0.29) is 18.5 Å². The number of hydrogen-bond acceptors (Lipinski definition) is 3. The molecule has 25 heavy (non-hydrogen) atoms. The Kier molecular flexibility index (Phi) is 5.14. The Hall–Kier alpha value is -2.66. The van der Waals surface area contributed by atoms with Crippen molar-refractivity contribution >= 4 is 17.5 Å². The molecular weight excluding hydrogens is 316 g/mol. The van der Waals surface area contributed by atoms with Crippen LogP contribution in [0.1, 0.15) is 11.1 Å². The third-order valence-corrected chi connectivity index (χ3v) is 4.56. The van der Waals surface area contributed by atoms with Crippen LogP contribution in [0.4, 0.5) is 5.69 Å². The molecule has 1 N–H and O–H groups in total. The molecule has 0 radical (unpaired) electrons. The topological polar surface area (TPSA) is 60.9 Å². The van der Waals surface area contributed by atoms with Crippen LogP contribution in [-0.2, 0) is 16.0 Å². The van der Waals surface area contributed by atoms with Gasteiger partial charge in [-0.15, -0.1) is 0 Å². The van der Waals surface area contributed by atoms with Crippen LogP contribution >= 0.6 is 0 Å². The zero-order valence-electron chi connectivity index (χ0n) is 14.3. The molecule has 0 aliphatic carbocycles. The largest absolute Gasteiger partial charge is 0.387 e. The molecule has 0 saturated carbocycles. The number of carbonyl (C=O) groups excluding carboxylic acids is 2. The van der Waals surface area contributed by atoms with E-state index >= 15 is 0 Å². The quantitative estimate of drug-likeness (QED) is 0.924. The highest BCUT2D eigenvalue weighted by molar-refractivity contribution is 5.98.